The van der Waals surface area contributed by atoms with Gasteiger partial charge in [-0.1, -0.05) is 6.58 Å². The number of piperidine rings is 1. The lowest BCUT2D eigenvalue weighted by Crippen LogP contribution is -2.49. The molecule has 1 saturated carbocycles. The molecule has 2 unspecified atom stereocenters. The number of aromatic amines is 1. The normalized spacial score (nSPS) is 23.8. The van der Waals surface area contributed by atoms with Crippen LogP contribution in [0.15, 0.2) is 25.0 Å². The quantitative estimate of drug-likeness (QED) is 0.686. The van der Waals surface area contributed by atoms with Gasteiger partial charge in [0.1, 0.15) is 11.3 Å². The van der Waals surface area contributed by atoms with E-state index < -0.39 is 0 Å². The second kappa shape index (κ2) is 7.26. The third-order valence-electron chi connectivity index (χ3n) is 5.68. The number of rotatable bonds is 5. The molecule has 1 aliphatic carbocycles. The molecule has 1 aliphatic heterocycles. The zero-order valence-corrected chi connectivity index (χ0v) is 16.2. The Morgan fingerprint density at radius 2 is 2.04 bits per heavy atom. The molecular weight excluding hydrogens is 356 g/mol. The molecule has 3 heterocycles. The van der Waals surface area contributed by atoms with Gasteiger partial charge < -0.3 is 20.5 Å². The Hall–Kier alpha value is -2.90. The lowest BCUT2D eigenvalue weighted by atomic mass is 9.92. The number of hydrogen-bond donors (Lipinski definition) is 3. The first kappa shape index (κ1) is 18.5. The van der Waals surface area contributed by atoms with Crippen molar-refractivity contribution in [1.82, 2.24) is 25.2 Å². The van der Waals surface area contributed by atoms with Crippen molar-refractivity contribution < 1.29 is 9.59 Å². The first-order valence-corrected chi connectivity index (χ1v) is 9.79. The summed E-state index contributed by atoms with van der Waals surface area (Å²) in [7, 11) is 0. The Kier molecular flexibility index (Phi) is 4.78. The van der Waals surface area contributed by atoms with E-state index in [2.05, 4.69) is 32.2 Å². The highest BCUT2D eigenvalue weighted by Gasteiger charge is 2.43. The highest BCUT2D eigenvalue weighted by Crippen LogP contribution is 2.38. The van der Waals surface area contributed by atoms with Crippen LogP contribution >= 0.6 is 0 Å². The number of hydrogen-bond acceptors (Lipinski definition) is 5. The molecule has 148 valence electrons. The molecule has 2 bridgehead atoms. The molecule has 4 rings (SSSR count). The van der Waals surface area contributed by atoms with Gasteiger partial charge in [0.05, 0.1) is 11.8 Å². The number of fused-ring (bicyclic) bond motifs is 3. The largest absolute Gasteiger partial charge is 0.365 e. The van der Waals surface area contributed by atoms with Gasteiger partial charge in [0.15, 0.2) is 5.65 Å². The summed E-state index contributed by atoms with van der Waals surface area (Å²) in [5, 5.41) is 6.42. The van der Waals surface area contributed by atoms with Crippen LogP contribution in [0.5, 0.6) is 0 Å². The second-order valence-corrected chi connectivity index (χ2v) is 8.00. The van der Waals surface area contributed by atoms with Gasteiger partial charge in [-0.05, 0) is 44.6 Å². The summed E-state index contributed by atoms with van der Waals surface area (Å²) in [5.74, 6) is 1.27. The number of nitrogens with one attached hydrogen (secondary N) is 3. The first-order valence-electron chi connectivity index (χ1n) is 9.79. The Bertz CT molecular complexity index is 907. The topological polar surface area (TPSA) is 103 Å². The monoisotopic (exact) mass is 382 g/mol. The molecule has 3 atom stereocenters. The molecule has 2 aromatic rings. The number of H-pyrrole nitrogens is 1. The summed E-state index contributed by atoms with van der Waals surface area (Å²) >= 11 is 0. The van der Waals surface area contributed by atoms with E-state index in [0.717, 1.165) is 25.9 Å². The minimum atomic E-state index is -0.163. The lowest BCUT2D eigenvalue weighted by Gasteiger charge is -2.38. The third kappa shape index (κ3) is 3.34. The molecule has 2 aliphatic rings. The number of likely N-dealkylation sites (tertiary alicyclic amines) is 1. The molecule has 28 heavy (non-hydrogen) atoms. The van der Waals surface area contributed by atoms with Crippen LogP contribution in [0.25, 0.3) is 11.2 Å². The Labute approximate surface area is 163 Å². The molecule has 3 N–H and O–H groups in total. The molecule has 2 fully saturated rings. The number of anilines is 1. The van der Waals surface area contributed by atoms with Crippen molar-refractivity contribution in [3.63, 3.8) is 0 Å². The zero-order valence-electron chi connectivity index (χ0n) is 16.2. The molecule has 0 aromatic carbocycles. The molecule has 0 radical (unpaired) electrons. The summed E-state index contributed by atoms with van der Waals surface area (Å²) in [5.41, 5.74) is 1.65. The standard InChI is InChI=1S/C20H26N6O2/c1-4-16(27)26-9-12-5-6-13(10-26)17(12)24-15-8-22-19-18(25-15)14(7-21-19)20(28)23-11(2)3/h4,7-8,11-13,17H,1,5-6,9-10H2,2-3H3,(H,21,22)(H,23,28)(H,24,25)/t12-,13?,17?/m1/s1. The zero-order chi connectivity index (χ0) is 19.8. The SMILES string of the molecule is C=CC(=O)N1CC2CC[C@H](C1)C2Nc1cnc2[nH]cc(C(=O)NC(C)C)c2n1. The van der Waals surface area contributed by atoms with E-state index in [-0.39, 0.29) is 23.9 Å². The van der Waals surface area contributed by atoms with Crippen LogP contribution in [0.3, 0.4) is 0 Å². The molecule has 8 nitrogen and oxygen atoms in total. The highest BCUT2D eigenvalue weighted by atomic mass is 16.2. The number of nitrogens with zero attached hydrogens (tertiary/aromatic N) is 3. The number of amides is 2. The van der Waals surface area contributed by atoms with Crippen molar-refractivity contribution in [2.24, 2.45) is 11.8 Å². The van der Waals surface area contributed by atoms with Crippen molar-refractivity contribution in [3.8, 4) is 0 Å². The molecular formula is C20H26N6O2. The maximum Gasteiger partial charge on any atom is 0.255 e. The van der Waals surface area contributed by atoms with Gasteiger partial charge in [0, 0.05) is 31.4 Å². The van der Waals surface area contributed by atoms with Crippen molar-refractivity contribution in [1.29, 1.82) is 0 Å². The molecule has 2 aromatic heterocycles. The number of aromatic nitrogens is 3. The van der Waals surface area contributed by atoms with Crippen LogP contribution in [0.2, 0.25) is 0 Å². The Balaban J connectivity index is 1.53. The van der Waals surface area contributed by atoms with Crippen LogP contribution in [-0.2, 0) is 4.79 Å². The van der Waals surface area contributed by atoms with Crippen molar-refractivity contribution >= 4 is 28.8 Å². The maximum absolute atomic E-state index is 12.4. The van der Waals surface area contributed by atoms with Crippen LogP contribution in [0.4, 0.5) is 5.82 Å². The number of carbonyl (C=O) groups excluding carboxylic acids is 2. The second-order valence-electron chi connectivity index (χ2n) is 8.00. The van der Waals surface area contributed by atoms with Crippen LogP contribution < -0.4 is 10.6 Å². The fourth-order valence-corrected chi connectivity index (χ4v) is 4.41. The summed E-state index contributed by atoms with van der Waals surface area (Å²) in [6, 6.07) is 0.304. The average Bonchev–Trinajstić information content (AvgIpc) is 3.17. The molecule has 8 heteroatoms. The highest BCUT2D eigenvalue weighted by molar-refractivity contribution is 6.04. The van der Waals surface area contributed by atoms with Crippen molar-refractivity contribution in [2.75, 3.05) is 18.4 Å². The summed E-state index contributed by atoms with van der Waals surface area (Å²) in [6.07, 6.45) is 6.91. The van der Waals surface area contributed by atoms with Gasteiger partial charge in [-0.2, -0.15) is 0 Å². The first-order chi connectivity index (χ1) is 13.5. The lowest BCUT2D eigenvalue weighted by molar-refractivity contribution is -0.128. The fourth-order valence-electron chi connectivity index (χ4n) is 4.41. The van der Waals surface area contributed by atoms with Crippen molar-refractivity contribution in [3.05, 3.63) is 30.6 Å². The van der Waals surface area contributed by atoms with Gasteiger partial charge in [-0.3, -0.25) is 9.59 Å². The molecule has 0 spiro atoms. The average molecular weight is 382 g/mol. The smallest absolute Gasteiger partial charge is 0.255 e. The van der Waals surface area contributed by atoms with E-state index in [9.17, 15) is 9.59 Å². The van der Waals surface area contributed by atoms with Gasteiger partial charge in [0.2, 0.25) is 5.91 Å². The van der Waals surface area contributed by atoms with Gasteiger partial charge in [0.25, 0.3) is 5.91 Å². The van der Waals surface area contributed by atoms with E-state index in [1.54, 1.807) is 12.4 Å². The fraction of sp³-hybridized carbons (Fsp3) is 0.500. The van der Waals surface area contributed by atoms with Crippen LogP contribution in [0.1, 0.15) is 37.0 Å². The minimum absolute atomic E-state index is 0.00434. The number of carbonyl (C=O) groups is 2. The van der Waals surface area contributed by atoms with E-state index in [1.807, 2.05) is 18.7 Å². The predicted molar refractivity (Wildman–Crippen MR) is 107 cm³/mol. The Morgan fingerprint density at radius 1 is 1.32 bits per heavy atom. The Morgan fingerprint density at radius 3 is 2.68 bits per heavy atom. The van der Waals surface area contributed by atoms with Gasteiger partial charge in [-0.25, -0.2) is 9.97 Å². The van der Waals surface area contributed by atoms with Gasteiger partial charge in [-0.15, -0.1) is 0 Å². The van der Waals surface area contributed by atoms with E-state index >= 15 is 0 Å². The summed E-state index contributed by atoms with van der Waals surface area (Å²) < 4.78 is 0. The molecule has 1 saturated heterocycles. The van der Waals surface area contributed by atoms with E-state index in [4.69, 9.17) is 0 Å². The van der Waals surface area contributed by atoms with E-state index in [0.29, 0.717) is 34.4 Å². The van der Waals surface area contributed by atoms with Gasteiger partial charge >= 0.3 is 0 Å². The van der Waals surface area contributed by atoms with Crippen LogP contribution in [0, 0.1) is 11.8 Å². The van der Waals surface area contributed by atoms with E-state index in [1.165, 1.54) is 6.08 Å². The third-order valence-corrected chi connectivity index (χ3v) is 5.68. The minimum Gasteiger partial charge on any atom is -0.365 e. The summed E-state index contributed by atoms with van der Waals surface area (Å²) in [6.45, 7) is 8.91. The van der Waals surface area contributed by atoms with Crippen molar-refractivity contribution in [2.45, 2.75) is 38.8 Å². The molecule has 2 amide bonds. The predicted octanol–water partition coefficient (Wildman–Crippen LogP) is 1.93. The summed E-state index contributed by atoms with van der Waals surface area (Å²) in [4.78, 5) is 38.4. The van der Waals surface area contributed by atoms with Crippen LogP contribution in [-0.4, -0.2) is 56.8 Å². The maximum atomic E-state index is 12.4.